The van der Waals surface area contributed by atoms with E-state index in [0.717, 1.165) is 48.3 Å². The molecule has 0 unspecified atom stereocenters. The first-order chi connectivity index (χ1) is 13.9. The van der Waals surface area contributed by atoms with Crippen LogP contribution in [0, 0.1) is 0 Å². The Morgan fingerprint density at radius 1 is 1.24 bits per heavy atom. The molecule has 0 saturated heterocycles. The summed E-state index contributed by atoms with van der Waals surface area (Å²) in [6.45, 7) is 1.71. The SMILES string of the molecule is CCC(=O)Nc1nnc(S(=O)(=O)N[C@H]2CC3(CCCCC3)Oc3ccccc32)s1. The number of rotatable bonds is 5. The van der Waals surface area contributed by atoms with Gasteiger partial charge in [0, 0.05) is 18.4 Å². The molecule has 0 bridgehead atoms. The van der Waals surface area contributed by atoms with Crippen molar-refractivity contribution in [1.29, 1.82) is 0 Å². The molecule has 1 fully saturated rings. The second kappa shape index (κ2) is 8.00. The van der Waals surface area contributed by atoms with Gasteiger partial charge in [-0.25, -0.2) is 13.1 Å². The zero-order chi connectivity index (χ0) is 20.5. The molecule has 29 heavy (non-hydrogen) atoms. The largest absolute Gasteiger partial charge is 0.487 e. The van der Waals surface area contributed by atoms with Crippen molar-refractivity contribution in [2.75, 3.05) is 5.32 Å². The highest BCUT2D eigenvalue weighted by molar-refractivity contribution is 7.91. The number of aromatic nitrogens is 2. The highest BCUT2D eigenvalue weighted by Crippen LogP contribution is 2.46. The fourth-order valence-electron chi connectivity index (χ4n) is 4.04. The van der Waals surface area contributed by atoms with Crippen molar-refractivity contribution in [2.24, 2.45) is 0 Å². The average Bonchev–Trinajstić information content (AvgIpc) is 3.17. The topological polar surface area (TPSA) is 110 Å². The molecule has 1 aliphatic heterocycles. The number of carbonyl (C=O) groups is 1. The number of anilines is 1. The van der Waals surface area contributed by atoms with Gasteiger partial charge < -0.3 is 10.1 Å². The quantitative estimate of drug-likeness (QED) is 0.695. The lowest BCUT2D eigenvalue weighted by molar-refractivity contribution is -0.115. The van der Waals surface area contributed by atoms with Crippen LogP contribution in [-0.4, -0.2) is 30.1 Å². The molecule has 0 radical (unpaired) electrons. The van der Waals surface area contributed by atoms with E-state index in [9.17, 15) is 13.2 Å². The van der Waals surface area contributed by atoms with Crippen LogP contribution in [-0.2, 0) is 14.8 Å². The third-order valence-corrected chi connectivity index (χ3v) is 8.14. The number of amides is 1. The number of hydrogen-bond acceptors (Lipinski definition) is 7. The van der Waals surface area contributed by atoms with E-state index in [2.05, 4.69) is 20.2 Å². The molecule has 1 amide bonds. The Bertz CT molecular complexity index is 999. The minimum absolute atomic E-state index is 0.162. The first-order valence-corrected chi connectivity index (χ1v) is 12.1. The van der Waals surface area contributed by atoms with Gasteiger partial charge in [0.15, 0.2) is 0 Å². The number of carbonyl (C=O) groups excluding carboxylic acids is 1. The smallest absolute Gasteiger partial charge is 0.270 e. The molecule has 1 saturated carbocycles. The Hall–Kier alpha value is -2.04. The molecule has 2 heterocycles. The number of sulfonamides is 1. The highest BCUT2D eigenvalue weighted by Gasteiger charge is 2.43. The Morgan fingerprint density at radius 3 is 2.76 bits per heavy atom. The Morgan fingerprint density at radius 2 is 2.00 bits per heavy atom. The van der Waals surface area contributed by atoms with E-state index in [1.165, 1.54) is 6.42 Å². The summed E-state index contributed by atoms with van der Waals surface area (Å²) in [4.78, 5) is 11.5. The maximum atomic E-state index is 13.0. The number of benzene rings is 1. The predicted octanol–water partition coefficient (Wildman–Crippen LogP) is 3.39. The number of para-hydroxylation sites is 1. The van der Waals surface area contributed by atoms with Crippen LogP contribution in [0.25, 0.3) is 0 Å². The normalized spacial score (nSPS) is 20.7. The van der Waals surface area contributed by atoms with Gasteiger partial charge in [-0.15, -0.1) is 10.2 Å². The van der Waals surface area contributed by atoms with Gasteiger partial charge in [-0.05, 0) is 31.7 Å². The zero-order valence-corrected chi connectivity index (χ0v) is 17.8. The van der Waals surface area contributed by atoms with E-state index in [1.807, 2.05) is 24.3 Å². The minimum atomic E-state index is -3.89. The summed E-state index contributed by atoms with van der Waals surface area (Å²) in [6.07, 6.45) is 6.05. The van der Waals surface area contributed by atoms with Gasteiger partial charge in [-0.1, -0.05) is 42.9 Å². The lowest BCUT2D eigenvalue weighted by atomic mass is 9.77. The van der Waals surface area contributed by atoms with Crippen LogP contribution in [0.2, 0.25) is 0 Å². The standard InChI is InChI=1S/C19H24N4O4S2/c1-2-16(24)20-17-21-22-18(28-17)29(25,26)23-14-12-19(10-6-3-7-11-19)27-15-9-5-4-8-13(14)15/h4-5,8-9,14,23H,2-3,6-7,10-12H2,1H3,(H,20,21,24)/t14-/m0/s1. The summed E-state index contributed by atoms with van der Waals surface area (Å²) >= 11 is 0.845. The fourth-order valence-corrected chi connectivity index (χ4v) is 6.19. The van der Waals surface area contributed by atoms with Gasteiger partial charge in [-0.3, -0.25) is 4.79 Å². The van der Waals surface area contributed by atoms with Crippen molar-refractivity contribution in [3.05, 3.63) is 29.8 Å². The Balaban J connectivity index is 1.59. The van der Waals surface area contributed by atoms with E-state index in [1.54, 1.807) is 6.92 Å². The van der Waals surface area contributed by atoms with Crippen molar-refractivity contribution < 1.29 is 17.9 Å². The number of fused-ring (bicyclic) bond motifs is 1. The van der Waals surface area contributed by atoms with Crippen LogP contribution in [0.5, 0.6) is 5.75 Å². The molecule has 1 aromatic carbocycles. The van der Waals surface area contributed by atoms with E-state index in [-0.39, 0.29) is 27.4 Å². The summed E-state index contributed by atoms with van der Waals surface area (Å²) in [7, 11) is -3.89. The summed E-state index contributed by atoms with van der Waals surface area (Å²) < 4.78 is 35.0. The van der Waals surface area contributed by atoms with Crippen LogP contribution >= 0.6 is 11.3 Å². The maximum Gasteiger partial charge on any atom is 0.270 e. The van der Waals surface area contributed by atoms with Crippen molar-refractivity contribution in [2.45, 2.75) is 67.9 Å². The van der Waals surface area contributed by atoms with Gasteiger partial charge in [0.25, 0.3) is 10.0 Å². The van der Waals surface area contributed by atoms with E-state index >= 15 is 0 Å². The second-order valence-corrected chi connectivity index (χ2v) is 10.4. The Labute approximate surface area is 174 Å². The number of nitrogens with one attached hydrogen (secondary N) is 2. The molecule has 2 aromatic rings. The molecule has 10 heteroatoms. The lowest BCUT2D eigenvalue weighted by Crippen LogP contribution is -2.46. The molecule has 4 rings (SSSR count). The second-order valence-electron chi connectivity index (χ2n) is 7.54. The fraction of sp³-hybridized carbons (Fsp3) is 0.526. The number of ether oxygens (including phenoxy) is 1. The van der Waals surface area contributed by atoms with Crippen molar-refractivity contribution in [1.82, 2.24) is 14.9 Å². The van der Waals surface area contributed by atoms with Crippen LogP contribution in [0.1, 0.15) is 63.5 Å². The monoisotopic (exact) mass is 436 g/mol. The van der Waals surface area contributed by atoms with E-state index in [4.69, 9.17) is 4.74 Å². The van der Waals surface area contributed by atoms with E-state index in [0.29, 0.717) is 6.42 Å². The minimum Gasteiger partial charge on any atom is -0.487 e. The van der Waals surface area contributed by atoms with Crippen LogP contribution < -0.4 is 14.8 Å². The summed E-state index contributed by atoms with van der Waals surface area (Å²) in [5.74, 6) is 0.497. The molecule has 1 aliphatic carbocycles. The van der Waals surface area contributed by atoms with Gasteiger partial charge in [-0.2, -0.15) is 0 Å². The first-order valence-electron chi connectivity index (χ1n) is 9.84. The van der Waals surface area contributed by atoms with E-state index < -0.39 is 16.1 Å². The summed E-state index contributed by atoms with van der Waals surface area (Å²) in [6, 6.07) is 7.17. The van der Waals surface area contributed by atoms with Crippen LogP contribution in [0.3, 0.4) is 0 Å². The third-order valence-electron chi connectivity index (χ3n) is 5.46. The predicted molar refractivity (Wildman–Crippen MR) is 109 cm³/mol. The average molecular weight is 437 g/mol. The van der Waals surface area contributed by atoms with Gasteiger partial charge in [0.2, 0.25) is 15.4 Å². The van der Waals surface area contributed by atoms with Crippen molar-refractivity contribution >= 4 is 32.4 Å². The molecule has 2 N–H and O–H groups in total. The van der Waals surface area contributed by atoms with Crippen molar-refractivity contribution in [3.8, 4) is 5.75 Å². The van der Waals surface area contributed by atoms with Gasteiger partial charge in [0.1, 0.15) is 11.4 Å². The van der Waals surface area contributed by atoms with Crippen LogP contribution in [0.15, 0.2) is 28.6 Å². The molecule has 8 nitrogen and oxygen atoms in total. The Kier molecular flexibility index (Phi) is 5.58. The molecular weight excluding hydrogens is 412 g/mol. The number of hydrogen-bond donors (Lipinski definition) is 2. The highest BCUT2D eigenvalue weighted by atomic mass is 32.2. The van der Waals surface area contributed by atoms with Gasteiger partial charge in [0.05, 0.1) is 6.04 Å². The number of nitrogens with zero attached hydrogens (tertiary/aromatic N) is 2. The summed E-state index contributed by atoms with van der Waals surface area (Å²) in [5.41, 5.74) is 0.498. The van der Waals surface area contributed by atoms with Crippen LogP contribution in [0.4, 0.5) is 5.13 Å². The first kappa shape index (κ1) is 20.2. The maximum absolute atomic E-state index is 13.0. The molecule has 1 atom stereocenters. The zero-order valence-electron chi connectivity index (χ0n) is 16.2. The third kappa shape index (κ3) is 4.29. The molecule has 1 aromatic heterocycles. The molecule has 2 aliphatic rings. The molecule has 156 valence electrons. The lowest BCUT2D eigenvalue weighted by Gasteiger charge is -2.44. The van der Waals surface area contributed by atoms with Gasteiger partial charge >= 0.3 is 0 Å². The molecular formula is C19H24N4O4S2. The van der Waals surface area contributed by atoms with Crippen molar-refractivity contribution in [3.63, 3.8) is 0 Å². The molecule has 1 spiro atoms. The summed E-state index contributed by atoms with van der Waals surface area (Å²) in [5, 5.41) is 10.3.